The molecule has 0 unspecified atom stereocenters. The van der Waals surface area contributed by atoms with E-state index in [1.54, 1.807) is 24.3 Å². The number of aliphatic imine (C=N–C) groups is 1. The molecule has 0 N–H and O–H groups in total. The Kier molecular flexibility index (Phi) is 7.72. The Morgan fingerprint density at radius 2 is 1.47 bits per heavy atom. The van der Waals surface area contributed by atoms with Crippen molar-refractivity contribution in [1.29, 1.82) is 0 Å². The lowest BCUT2D eigenvalue weighted by Gasteiger charge is -2.05. The van der Waals surface area contributed by atoms with Crippen LogP contribution < -0.4 is 0 Å². The number of aryl methyl sites for hydroxylation is 1. The molecule has 3 aromatic rings. The highest BCUT2D eigenvalue weighted by atomic mass is 32.1. The fourth-order valence-corrected chi connectivity index (χ4v) is 3.16. The fourth-order valence-electron chi connectivity index (χ4n) is 3.07. The van der Waals surface area contributed by atoms with Gasteiger partial charge in [-0.3, -0.25) is 0 Å². The summed E-state index contributed by atoms with van der Waals surface area (Å²) in [7, 11) is 0. The molecule has 3 rings (SSSR count). The average molecular weight is 451 g/mol. The van der Waals surface area contributed by atoms with Crippen molar-refractivity contribution in [3.8, 4) is 23.0 Å². The van der Waals surface area contributed by atoms with Crippen molar-refractivity contribution in [2.75, 3.05) is 0 Å². The topological polar surface area (TPSA) is 12.4 Å². The minimum atomic E-state index is -0.860. The summed E-state index contributed by atoms with van der Waals surface area (Å²) in [5, 5.41) is 1.94. The average Bonchev–Trinajstić information content (AvgIpc) is 2.76. The molecule has 0 heterocycles. The predicted octanol–water partition coefficient (Wildman–Crippen LogP) is 7.55. The number of rotatable bonds is 5. The number of halogens is 4. The molecule has 0 atom stereocenters. The van der Waals surface area contributed by atoms with Crippen molar-refractivity contribution in [1.82, 2.24) is 0 Å². The van der Waals surface area contributed by atoms with Crippen LogP contribution >= 0.6 is 12.2 Å². The summed E-state index contributed by atoms with van der Waals surface area (Å²) in [6.45, 7) is 1.89. The van der Waals surface area contributed by atoms with Gasteiger partial charge in [-0.25, -0.2) is 17.6 Å². The van der Waals surface area contributed by atoms with Gasteiger partial charge in [0.05, 0.1) is 10.7 Å². The molecule has 32 heavy (non-hydrogen) atoms. The first-order chi connectivity index (χ1) is 15.4. The maximum Gasteiger partial charge on any atom is 0.153 e. The molecule has 1 nitrogen and oxygen atoms in total. The Morgan fingerprint density at radius 3 is 2.03 bits per heavy atom. The van der Waals surface area contributed by atoms with Crippen LogP contribution in [-0.4, -0.2) is 5.16 Å². The van der Waals surface area contributed by atoms with Crippen molar-refractivity contribution < 1.29 is 17.6 Å². The van der Waals surface area contributed by atoms with Crippen LogP contribution in [0.4, 0.5) is 23.2 Å². The van der Waals surface area contributed by atoms with Crippen LogP contribution in [0.25, 0.3) is 11.1 Å². The number of benzene rings is 3. The molecule has 160 valence electrons. The first-order valence-electron chi connectivity index (χ1n) is 9.71. The molecule has 0 aromatic heterocycles. The van der Waals surface area contributed by atoms with E-state index < -0.39 is 29.0 Å². The van der Waals surface area contributed by atoms with Gasteiger partial charge in [-0.2, -0.15) is 4.99 Å². The molecule has 0 bridgehead atoms. The Labute approximate surface area is 189 Å². The van der Waals surface area contributed by atoms with Crippen molar-refractivity contribution in [3.05, 3.63) is 101 Å². The standard InChI is InChI=1S/C26H17F4NS/c1-2-3-4-5-18-12-22(27)21(23(28)13-18)11-8-17-6-9-19(10-7-17)20-14-24(29)26(31-16-32)25(30)15-20/h2-3,6-7,9-10,12-15H,4-5H2,1H3/b3-2+. The third-order valence-corrected chi connectivity index (χ3v) is 4.75. The lowest BCUT2D eigenvalue weighted by atomic mass is 10.0. The van der Waals surface area contributed by atoms with Crippen molar-refractivity contribution in [2.45, 2.75) is 19.8 Å². The fraction of sp³-hybridized carbons (Fsp3) is 0.115. The Balaban J connectivity index is 1.83. The molecule has 0 aliphatic carbocycles. The van der Waals surface area contributed by atoms with E-state index in [1.807, 2.05) is 24.2 Å². The maximum atomic E-state index is 14.3. The molecule has 0 saturated carbocycles. The van der Waals surface area contributed by atoms with Crippen molar-refractivity contribution in [2.24, 2.45) is 4.99 Å². The van der Waals surface area contributed by atoms with E-state index in [2.05, 4.69) is 29.1 Å². The quantitative estimate of drug-likeness (QED) is 0.128. The molecular formula is C26H17F4NS. The smallest absolute Gasteiger partial charge is 0.153 e. The van der Waals surface area contributed by atoms with E-state index in [1.165, 1.54) is 12.1 Å². The number of thiocarbonyl (C=S) groups is 1. The first-order valence-corrected chi connectivity index (χ1v) is 10.1. The van der Waals surface area contributed by atoms with E-state index >= 15 is 0 Å². The van der Waals surface area contributed by atoms with Gasteiger partial charge in [0, 0.05) is 5.56 Å². The van der Waals surface area contributed by atoms with E-state index in [0.717, 1.165) is 12.1 Å². The van der Waals surface area contributed by atoms with Gasteiger partial charge in [-0.1, -0.05) is 36.1 Å². The zero-order valence-corrected chi connectivity index (χ0v) is 17.9. The van der Waals surface area contributed by atoms with Crippen LogP contribution in [0.5, 0.6) is 0 Å². The van der Waals surface area contributed by atoms with Gasteiger partial charge in [0.1, 0.15) is 17.3 Å². The van der Waals surface area contributed by atoms with Crippen molar-refractivity contribution >= 4 is 23.1 Å². The SMILES string of the molecule is C/C=C/CCc1cc(F)c(C#Cc2ccc(-c3cc(F)c(N=C=S)c(F)c3)cc2)c(F)c1. The lowest BCUT2D eigenvalue weighted by Crippen LogP contribution is -1.95. The van der Waals surface area contributed by atoms with Gasteiger partial charge in [-0.15, -0.1) is 0 Å². The summed E-state index contributed by atoms with van der Waals surface area (Å²) in [6, 6.07) is 11.3. The van der Waals surface area contributed by atoms with E-state index in [-0.39, 0.29) is 5.56 Å². The van der Waals surface area contributed by atoms with Crippen LogP contribution in [0, 0.1) is 35.1 Å². The molecule has 0 aliphatic rings. The largest absolute Gasteiger partial charge is 0.206 e. The number of nitrogens with zero attached hydrogens (tertiary/aromatic N) is 1. The van der Waals surface area contributed by atoms with Gasteiger partial charge < -0.3 is 0 Å². The van der Waals surface area contributed by atoms with E-state index in [9.17, 15) is 17.6 Å². The molecular weight excluding hydrogens is 434 g/mol. The molecule has 0 aliphatic heterocycles. The van der Waals surface area contributed by atoms with Crippen LogP contribution in [0.2, 0.25) is 0 Å². The third-order valence-electron chi connectivity index (χ3n) is 4.66. The summed E-state index contributed by atoms with van der Waals surface area (Å²) >= 11 is 4.39. The van der Waals surface area contributed by atoms with Gasteiger partial charge >= 0.3 is 0 Å². The molecule has 0 radical (unpaired) electrons. The second-order valence-corrected chi connectivity index (χ2v) is 7.04. The van der Waals surface area contributed by atoms with Gasteiger partial charge in [0.25, 0.3) is 0 Å². The number of hydrogen-bond acceptors (Lipinski definition) is 2. The summed E-state index contributed by atoms with van der Waals surface area (Å²) in [5.41, 5.74) is 1.09. The van der Waals surface area contributed by atoms with Crippen LogP contribution in [0.1, 0.15) is 30.0 Å². The van der Waals surface area contributed by atoms with E-state index in [4.69, 9.17) is 0 Å². The number of allylic oxidation sites excluding steroid dienone is 2. The highest BCUT2D eigenvalue weighted by molar-refractivity contribution is 7.78. The summed E-state index contributed by atoms with van der Waals surface area (Å²) in [5.74, 6) is 2.10. The monoisotopic (exact) mass is 451 g/mol. The van der Waals surface area contributed by atoms with E-state index in [0.29, 0.717) is 35.1 Å². The second-order valence-electron chi connectivity index (χ2n) is 6.86. The van der Waals surface area contributed by atoms with Crippen LogP contribution in [0.3, 0.4) is 0 Å². The van der Waals surface area contributed by atoms with Gasteiger partial charge in [0.15, 0.2) is 11.6 Å². The summed E-state index contributed by atoms with van der Waals surface area (Å²) < 4.78 is 56.7. The number of isothiocyanates is 1. The molecule has 6 heteroatoms. The molecule has 0 amide bonds. The minimum absolute atomic E-state index is 0.299. The Bertz CT molecular complexity index is 1230. The van der Waals surface area contributed by atoms with Crippen molar-refractivity contribution in [3.63, 3.8) is 0 Å². The maximum absolute atomic E-state index is 14.3. The molecule has 0 saturated heterocycles. The zero-order valence-electron chi connectivity index (χ0n) is 17.1. The minimum Gasteiger partial charge on any atom is -0.206 e. The molecule has 0 spiro atoms. The number of hydrogen-bond donors (Lipinski definition) is 0. The molecule has 3 aromatic carbocycles. The zero-order chi connectivity index (χ0) is 23.1. The van der Waals surface area contributed by atoms with Crippen LogP contribution in [-0.2, 0) is 6.42 Å². The molecule has 0 fully saturated rings. The van der Waals surface area contributed by atoms with Gasteiger partial charge in [-0.05, 0) is 85.1 Å². The first kappa shape index (κ1) is 23.1. The predicted molar refractivity (Wildman–Crippen MR) is 122 cm³/mol. The summed E-state index contributed by atoms with van der Waals surface area (Å²) in [4.78, 5) is 3.38. The van der Waals surface area contributed by atoms with Crippen LogP contribution in [0.15, 0.2) is 65.7 Å². The summed E-state index contributed by atoms with van der Waals surface area (Å²) in [6.07, 6.45) is 5.05. The second kappa shape index (κ2) is 10.7. The Morgan fingerprint density at radius 1 is 0.844 bits per heavy atom. The highest BCUT2D eigenvalue weighted by Gasteiger charge is 2.12. The normalized spacial score (nSPS) is 10.5. The lowest BCUT2D eigenvalue weighted by molar-refractivity contribution is 0.574. The third kappa shape index (κ3) is 5.59. The Hall–Kier alpha value is -3.52. The highest BCUT2D eigenvalue weighted by Crippen LogP contribution is 2.29. The van der Waals surface area contributed by atoms with Gasteiger partial charge in [0.2, 0.25) is 0 Å².